The zero-order valence-electron chi connectivity index (χ0n) is 67.6. The molecular formula is C91H101Cl5F3N9O11. The van der Waals surface area contributed by atoms with Gasteiger partial charge in [-0.2, -0.15) is 0 Å². The molecule has 3 aliphatic rings. The quantitative estimate of drug-likeness (QED) is 0.0541. The molecule has 0 unspecified atom stereocenters. The highest BCUT2D eigenvalue weighted by atomic mass is 35.5. The highest BCUT2D eigenvalue weighted by Crippen LogP contribution is 2.40. The van der Waals surface area contributed by atoms with E-state index in [0.717, 1.165) is 24.0 Å². The topological polar surface area (TPSA) is 203 Å². The molecule has 0 radical (unpaired) electrons. The van der Waals surface area contributed by atoms with Gasteiger partial charge in [-0.1, -0.05) is 112 Å². The monoisotopic (exact) mass is 1730 g/mol. The van der Waals surface area contributed by atoms with Crippen molar-refractivity contribution in [3.05, 3.63) is 270 Å². The van der Waals surface area contributed by atoms with Crippen molar-refractivity contribution in [1.82, 2.24) is 30.2 Å². The van der Waals surface area contributed by atoms with Crippen LogP contribution in [0.2, 0.25) is 0 Å². The number of aryl methyl sites for hydroxylation is 2. The lowest BCUT2D eigenvalue weighted by Crippen LogP contribution is -2.59. The second-order valence-electron chi connectivity index (χ2n) is 29.4. The van der Waals surface area contributed by atoms with Crippen molar-refractivity contribution in [3.8, 4) is 34.5 Å². The number of rotatable bonds is 24. The summed E-state index contributed by atoms with van der Waals surface area (Å²) in [6.45, 7) is 19.3. The van der Waals surface area contributed by atoms with Crippen LogP contribution in [-0.2, 0) is 33.5 Å². The maximum atomic E-state index is 14.3. The van der Waals surface area contributed by atoms with Crippen molar-refractivity contribution >= 4 is 118 Å². The fourth-order valence-corrected chi connectivity index (χ4v) is 14.5. The summed E-state index contributed by atoms with van der Waals surface area (Å²) in [5, 5.41) is 6.82. The third-order valence-electron chi connectivity index (χ3n) is 20.1. The molecule has 0 bridgehead atoms. The summed E-state index contributed by atoms with van der Waals surface area (Å²) < 4.78 is 65.0. The van der Waals surface area contributed by atoms with Gasteiger partial charge in [-0.05, 0) is 215 Å². The summed E-state index contributed by atoms with van der Waals surface area (Å²) in [5.41, 5.74) is 3.77. The number of ether oxygens (including phenoxy) is 4. The van der Waals surface area contributed by atoms with Gasteiger partial charge >= 0.3 is 6.09 Å². The average Bonchev–Trinajstić information content (AvgIpc) is 0.784. The normalized spacial score (nSPS) is 15.8. The predicted molar refractivity (Wildman–Crippen MR) is 466 cm³/mol. The van der Waals surface area contributed by atoms with Gasteiger partial charge in [0.1, 0.15) is 93.3 Å². The average molecular weight is 1730 g/mol. The highest BCUT2D eigenvalue weighted by Gasteiger charge is 2.43. The first-order valence-electron chi connectivity index (χ1n) is 39.1. The Morgan fingerprint density at radius 1 is 0.420 bits per heavy atom. The molecule has 632 valence electrons. The fraction of sp³-hybridized carbons (Fsp3) is 0.330. The van der Waals surface area contributed by atoms with Crippen molar-refractivity contribution in [2.45, 2.75) is 117 Å². The molecule has 0 aromatic heterocycles. The largest absolute Gasteiger partial charge is 0.457 e. The molecule has 2 N–H and O–H groups in total. The molecule has 3 saturated heterocycles. The van der Waals surface area contributed by atoms with Gasteiger partial charge in [-0.25, -0.2) is 18.0 Å². The van der Waals surface area contributed by atoms with Crippen LogP contribution in [-0.4, -0.2) is 161 Å². The van der Waals surface area contributed by atoms with Gasteiger partial charge in [-0.15, -0.1) is 59.6 Å². The molecule has 0 spiro atoms. The minimum atomic E-state index is -1.13. The Labute approximate surface area is 721 Å². The van der Waals surface area contributed by atoms with Crippen LogP contribution in [0.4, 0.5) is 35.0 Å². The molecule has 28 heteroatoms. The molecule has 119 heavy (non-hydrogen) atoms. The van der Waals surface area contributed by atoms with Crippen LogP contribution in [0, 0.1) is 31.3 Å². The minimum Gasteiger partial charge on any atom is -0.457 e. The number of nitrogens with one attached hydrogen (secondary N) is 2. The first-order valence-corrected chi connectivity index (χ1v) is 40.7. The predicted octanol–water partition coefficient (Wildman–Crippen LogP) is 18.5. The number of hydrogen-bond acceptors (Lipinski definition) is 13. The maximum absolute atomic E-state index is 14.3. The zero-order chi connectivity index (χ0) is 83.9. The molecule has 3 fully saturated rings. The van der Waals surface area contributed by atoms with Crippen LogP contribution in [0.1, 0.15) is 107 Å². The molecular weight excluding hydrogens is 1630 g/mol. The number of amides is 7. The summed E-state index contributed by atoms with van der Waals surface area (Å²) in [6, 6.07) is 59.3. The Kier molecular flexibility index (Phi) is 35.7. The first-order chi connectivity index (χ1) is 56.3. The lowest BCUT2D eigenvalue weighted by atomic mass is 10.00. The summed E-state index contributed by atoms with van der Waals surface area (Å²) >= 11 is 18.2. The smallest absolute Gasteiger partial charge is 0.410 e. The Balaban J connectivity index is 0.000000221. The van der Waals surface area contributed by atoms with E-state index in [1.165, 1.54) is 63.2 Å². The van der Waals surface area contributed by atoms with E-state index in [4.69, 9.17) is 53.8 Å². The SMILES string of the molecule is CC[C@@H]1CN(C(=O)[C@@H](c2ccc(F)cc2)N(C(=O)CCl)c2ccc(Oc3ccccc3)cc2C)CCN1.CC[C@@H]1CN(C(=O)[C@H](c2ccc(F)cc2)N(C(=O)CCl)c2ccc(Oc3ccccc3)cc2C)CCN1.CC[C@H]1CN(C(=O)[C@@H](c2ccc(F)cc2)N(C(=O)CCl)c2ccc(Oc3ccccc3)cc2)CCN1C(=O)OC(C)(C)C.Cl.Cl. The van der Waals surface area contributed by atoms with Crippen molar-refractivity contribution in [1.29, 1.82) is 0 Å². The summed E-state index contributed by atoms with van der Waals surface area (Å²) in [6.07, 6.45) is 1.91. The lowest BCUT2D eigenvalue weighted by Gasteiger charge is -2.43. The number of nitrogens with zero attached hydrogens (tertiary/aromatic N) is 7. The first kappa shape index (κ1) is 94.1. The highest BCUT2D eigenvalue weighted by molar-refractivity contribution is 6.31. The van der Waals surface area contributed by atoms with Gasteiger partial charge in [0.05, 0.1) is 6.04 Å². The van der Waals surface area contributed by atoms with Crippen molar-refractivity contribution in [3.63, 3.8) is 0 Å². The number of piperazine rings is 3. The number of carbonyl (C=O) groups excluding carboxylic acids is 7. The lowest BCUT2D eigenvalue weighted by molar-refractivity contribution is -0.137. The molecule has 0 saturated carbocycles. The van der Waals surface area contributed by atoms with Crippen LogP contribution in [0.3, 0.4) is 0 Å². The van der Waals surface area contributed by atoms with E-state index < -0.39 is 65.0 Å². The van der Waals surface area contributed by atoms with Gasteiger partial charge in [0.25, 0.3) is 17.7 Å². The standard InChI is InChI=1S/C33H37ClFN3O5.2C29H31ClFN3O3.2ClH/c1-5-25-22-36(19-20-37(25)32(41)43-33(2,3)4)31(40)30(23-11-13-24(35)14-12-23)38(29(39)21-34)26-15-17-28(18-16-26)42-27-9-7-6-8-10-27;2*1-3-23-19-33(16-15-32-23)29(36)28(21-9-11-22(31)12-10-21)34(27(35)18-30)26-14-13-25(17-20(26)2)37-24-7-5-4-6-8-24;;/h6-18,25,30H,5,19-22H2,1-4H3;2*4-14,17,23,28,32H,3,15-16,18-19H2,1-2H3;2*1H/t25-,30+;23-,28+;23-,28-;;/m011../s1. The number of benzene rings is 9. The molecule has 7 amide bonds. The number of hydrogen-bond donors (Lipinski definition) is 2. The van der Waals surface area contributed by atoms with Crippen molar-refractivity contribution in [2.24, 2.45) is 0 Å². The molecule has 9 aromatic carbocycles. The van der Waals surface area contributed by atoms with Crippen LogP contribution in [0.5, 0.6) is 34.5 Å². The van der Waals surface area contributed by atoms with Gasteiger partial charge in [0.2, 0.25) is 17.7 Å². The van der Waals surface area contributed by atoms with Gasteiger partial charge < -0.3 is 49.2 Å². The number of para-hydroxylation sites is 3. The molecule has 20 nitrogen and oxygen atoms in total. The maximum Gasteiger partial charge on any atom is 0.410 e. The Bertz CT molecular complexity index is 4610. The van der Waals surface area contributed by atoms with E-state index in [9.17, 15) is 46.7 Å². The van der Waals surface area contributed by atoms with E-state index in [1.54, 1.807) is 92.4 Å². The van der Waals surface area contributed by atoms with Crippen LogP contribution >= 0.6 is 59.6 Å². The Morgan fingerprint density at radius 3 is 1.08 bits per heavy atom. The summed E-state index contributed by atoms with van der Waals surface area (Å²) in [7, 11) is 0. The second kappa shape index (κ2) is 45.2. The van der Waals surface area contributed by atoms with E-state index in [1.807, 2.05) is 145 Å². The number of carbonyl (C=O) groups is 7. The zero-order valence-corrected chi connectivity index (χ0v) is 71.5. The van der Waals surface area contributed by atoms with E-state index >= 15 is 0 Å². The molecule has 3 aliphatic heterocycles. The Morgan fingerprint density at radius 2 is 0.748 bits per heavy atom. The second-order valence-corrected chi connectivity index (χ2v) is 30.2. The Hall–Kier alpha value is -10.4. The number of alkyl halides is 3. The van der Waals surface area contributed by atoms with Crippen LogP contribution in [0.25, 0.3) is 0 Å². The molecule has 9 aromatic rings. The molecule has 12 rings (SSSR count). The van der Waals surface area contributed by atoms with Crippen LogP contribution < -0.4 is 39.5 Å². The third kappa shape index (κ3) is 25.4. The van der Waals surface area contributed by atoms with E-state index in [-0.39, 0.29) is 97.9 Å². The van der Waals surface area contributed by atoms with E-state index in [2.05, 4.69) is 24.5 Å². The fourth-order valence-electron chi connectivity index (χ4n) is 14.2. The minimum absolute atomic E-state index is 0. The van der Waals surface area contributed by atoms with Gasteiger partial charge in [-0.3, -0.25) is 43.5 Å². The number of anilines is 3. The molecule has 6 atom stereocenters. The van der Waals surface area contributed by atoms with Gasteiger partial charge in [0.15, 0.2) is 0 Å². The third-order valence-corrected chi connectivity index (χ3v) is 20.8. The summed E-state index contributed by atoms with van der Waals surface area (Å²) in [4.78, 5) is 106. The molecule has 0 aliphatic carbocycles. The van der Waals surface area contributed by atoms with Crippen molar-refractivity contribution in [2.75, 3.05) is 91.2 Å². The summed E-state index contributed by atoms with van der Waals surface area (Å²) in [5.74, 6) is -0.710. The number of halogens is 8. The van der Waals surface area contributed by atoms with Gasteiger partial charge in [0, 0.05) is 88.0 Å². The van der Waals surface area contributed by atoms with Crippen molar-refractivity contribution < 1.29 is 65.7 Å². The van der Waals surface area contributed by atoms with Crippen LogP contribution in [0.15, 0.2) is 224 Å². The molecule has 3 heterocycles. The van der Waals surface area contributed by atoms with E-state index in [0.29, 0.717) is 114 Å².